The molecule has 2 aromatic rings. The topological polar surface area (TPSA) is 83.7 Å². The molecule has 0 aliphatic carbocycles. The number of aromatic nitrogens is 2. The van der Waals surface area contributed by atoms with Crippen LogP contribution in [-0.4, -0.2) is 33.6 Å². The van der Waals surface area contributed by atoms with Gasteiger partial charge >= 0.3 is 0 Å². The summed E-state index contributed by atoms with van der Waals surface area (Å²) >= 11 is 1.37. The van der Waals surface area contributed by atoms with Gasteiger partial charge in [0.05, 0.1) is 0 Å². The number of nitrogens with one attached hydrogen (secondary N) is 1. The van der Waals surface area contributed by atoms with Crippen molar-refractivity contribution in [1.82, 2.24) is 14.7 Å². The number of carbonyl (C=O) groups excluding carboxylic acids is 1. The lowest BCUT2D eigenvalue weighted by Gasteiger charge is -2.31. The highest BCUT2D eigenvalue weighted by molar-refractivity contribution is 7.15. The zero-order chi connectivity index (χ0) is 17.0. The smallest absolute Gasteiger partial charge is 0.271 e. The largest absolute Gasteiger partial charge is 0.396 e. The van der Waals surface area contributed by atoms with Gasteiger partial charge in [0.2, 0.25) is 0 Å². The second kappa shape index (κ2) is 7.23. The summed E-state index contributed by atoms with van der Waals surface area (Å²) in [6.07, 6.45) is 3.67. The van der Waals surface area contributed by atoms with Gasteiger partial charge in [-0.05, 0) is 31.6 Å². The first-order valence-electron chi connectivity index (χ1n) is 7.83. The molecule has 2 heterocycles. The van der Waals surface area contributed by atoms with E-state index >= 15 is 0 Å². The highest BCUT2D eigenvalue weighted by atomic mass is 32.1. The fourth-order valence-electron chi connectivity index (χ4n) is 2.72. The average Bonchev–Trinajstić information content (AvgIpc) is 2.93. The molecule has 6 nitrogen and oxygen atoms in total. The maximum absolute atomic E-state index is 12.5. The quantitative estimate of drug-likeness (QED) is 0.809. The van der Waals surface area contributed by atoms with E-state index in [-0.39, 0.29) is 23.1 Å². The number of carbonyl (C=O) groups is 1. The minimum absolute atomic E-state index is 0.0501. The first-order chi connectivity index (χ1) is 11.0. The van der Waals surface area contributed by atoms with E-state index < -0.39 is 5.91 Å². The van der Waals surface area contributed by atoms with Crippen LogP contribution in [0.15, 0.2) is 16.4 Å². The maximum atomic E-state index is 12.5. The van der Waals surface area contributed by atoms with E-state index in [2.05, 4.69) is 10.3 Å². The number of aliphatic hydroxyl groups is 1. The number of thiazole rings is 1. The van der Waals surface area contributed by atoms with E-state index in [1.165, 1.54) is 21.9 Å². The van der Waals surface area contributed by atoms with Gasteiger partial charge in [-0.25, -0.2) is 4.98 Å². The van der Waals surface area contributed by atoms with Crippen molar-refractivity contribution in [3.05, 3.63) is 33.2 Å². The van der Waals surface area contributed by atoms with Gasteiger partial charge < -0.3 is 10.4 Å². The van der Waals surface area contributed by atoms with Crippen LogP contribution in [0.2, 0.25) is 0 Å². The summed E-state index contributed by atoms with van der Waals surface area (Å²) in [5.74, 6) is -0.410. The molecule has 2 rings (SSSR count). The minimum atomic E-state index is -0.410. The second-order valence-corrected chi connectivity index (χ2v) is 6.67. The highest BCUT2D eigenvalue weighted by Crippen LogP contribution is 2.29. The van der Waals surface area contributed by atoms with Gasteiger partial charge in [0, 0.05) is 30.4 Å². The standard InChI is InChI=1S/C16H23N3O3S/c1-4-16(5-2,6-7-20)10-18-13(21)12-8-17-15-19(14(12)22)11(3)9-23-15/h8-9,20H,4-7,10H2,1-3H3,(H,18,21). The Bertz CT molecular complexity index is 747. The van der Waals surface area contributed by atoms with Gasteiger partial charge in [-0.2, -0.15) is 0 Å². The fourth-order valence-corrected chi connectivity index (χ4v) is 3.55. The first-order valence-corrected chi connectivity index (χ1v) is 8.71. The summed E-state index contributed by atoms with van der Waals surface area (Å²) in [6, 6.07) is 0. The van der Waals surface area contributed by atoms with Crippen molar-refractivity contribution >= 4 is 22.2 Å². The molecule has 7 heteroatoms. The molecule has 0 spiro atoms. The van der Waals surface area contributed by atoms with Crippen LogP contribution < -0.4 is 10.9 Å². The Morgan fingerprint density at radius 2 is 2.13 bits per heavy atom. The molecular formula is C16H23N3O3S. The number of amides is 1. The van der Waals surface area contributed by atoms with Crippen molar-refractivity contribution in [3.8, 4) is 0 Å². The van der Waals surface area contributed by atoms with E-state index in [9.17, 15) is 14.7 Å². The number of fused-ring (bicyclic) bond motifs is 1. The maximum Gasteiger partial charge on any atom is 0.271 e. The van der Waals surface area contributed by atoms with Crippen LogP contribution in [0.3, 0.4) is 0 Å². The van der Waals surface area contributed by atoms with Gasteiger partial charge in [0.15, 0.2) is 4.96 Å². The molecule has 0 unspecified atom stereocenters. The van der Waals surface area contributed by atoms with Crippen LogP contribution in [-0.2, 0) is 0 Å². The van der Waals surface area contributed by atoms with Crippen molar-refractivity contribution < 1.29 is 9.90 Å². The predicted molar refractivity (Wildman–Crippen MR) is 91.1 cm³/mol. The number of hydrogen-bond acceptors (Lipinski definition) is 5. The molecule has 0 bridgehead atoms. The Hall–Kier alpha value is -1.73. The van der Waals surface area contributed by atoms with E-state index in [4.69, 9.17) is 0 Å². The molecule has 0 atom stereocenters. The van der Waals surface area contributed by atoms with Gasteiger partial charge in [-0.1, -0.05) is 13.8 Å². The summed E-state index contributed by atoms with van der Waals surface area (Å²) in [5.41, 5.74) is 0.339. The van der Waals surface area contributed by atoms with Crippen LogP contribution in [0.5, 0.6) is 0 Å². The summed E-state index contributed by atoms with van der Waals surface area (Å²) in [6.45, 7) is 6.42. The molecule has 0 aliphatic heterocycles. The third-order valence-corrected chi connectivity index (χ3v) is 5.58. The Morgan fingerprint density at radius 3 is 2.74 bits per heavy atom. The van der Waals surface area contributed by atoms with Crippen LogP contribution in [0.25, 0.3) is 4.96 Å². The van der Waals surface area contributed by atoms with Crippen LogP contribution in [0, 0.1) is 12.3 Å². The molecule has 0 saturated carbocycles. The van der Waals surface area contributed by atoms with Crippen LogP contribution >= 0.6 is 11.3 Å². The van der Waals surface area contributed by atoms with E-state index in [1.807, 2.05) is 26.2 Å². The highest BCUT2D eigenvalue weighted by Gasteiger charge is 2.27. The molecule has 0 fully saturated rings. The summed E-state index contributed by atoms with van der Waals surface area (Å²) in [5, 5.41) is 13.9. The lowest BCUT2D eigenvalue weighted by Crippen LogP contribution is -2.40. The van der Waals surface area contributed by atoms with E-state index in [1.54, 1.807) is 0 Å². The van der Waals surface area contributed by atoms with Gasteiger partial charge in [-0.3, -0.25) is 14.0 Å². The molecule has 1 amide bonds. The van der Waals surface area contributed by atoms with Gasteiger partial charge in [0.25, 0.3) is 11.5 Å². The third-order valence-electron chi connectivity index (χ3n) is 4.63. The molecule has 2 aromatic heterocycles. The van der Waals surface area contributed by atoms with Crippen LogP contribution in [0.1, 0.15) is 49.2 Å². The normalized spacial score (nSPS) is 11.8. The molecule has 0 aliphatic rings. The molecule has 2 N–H and O–H groups in total. The Kier molecular flexibility index (Phi) is 5.54. The summed E-state index contributed by atoms with van der Waals surface area (Å²) < 4.78 is 1.46. The Balaban J connectivity index is 2.23. The zero-order valence-electron chi connectivity index (χ0n) is 13.8. The minimum Gasteiger partial charge on any atom is -0.396 e. The van der Waals surface area contributed by atoms with Crippen LogP contribution in [0.4, 0.5) is 0 Å². The zero-order valence-corrected chi connectivity index (χ0v) is 14.6. The molecule has 0 saturated heterocycles. The van der Waals surface area contributed by atoms with E-state index in [0.717, 1.165) is 18.5 Å². The molecule has 23 heavy (non-hydrogen) atoms. The first kappa shape index (κ1) is 17.6. The number of aryl methyl sites for hydroxylation is 1. The molecule has 126 valence electrons. The molecular weight excluding hydrogens is 314 g/mol. The monoisotopic (exact) mass is 337 g/mol. The molecule has 0 aromatic carbocycles. The summed E-state index contributed by atoms with van der Waals surface area (Å²) in [7, 11) is 0. The third kappa shape index (κ3) is 3.45. The fraction of sp³-hybridized carbons (Fsp3) is 0.562. The van der Waals surface area contributed by atoms with Gasteiger partial charge in [-0.15, -0.1) is 11.3 Å². The number of aliphatic hydroxyl groups excluding tert-OH is 1. The van der Waals surface area contributed by atoms with Crippen molar-refractivity contribution in [2.75, 3.05) is 13.2 Å². The predicted octanol–water partition coefficient (Wildman–Crippen LogP) is 1.98. The van der Waals surface area contributed by atoms with Gasteiger partial charge in [0.1, 0.15) is 5.56 Å². The second-order valence-electron chi connectivity index (χ2n) is 5.84. The lowest BCUT2D eigenvalue weighted by molar-refractivity contribution is 0.0905. The van der Waals surface area contributed by atoms with Crippen molar-refractivity contribution in [1.29, 1.82) is 0 Å². The number of nitrogens with zero attached hydrogens (tertiary/aromatic N) is 2. The van der Waals surface area contributed by atoms with Crippen molar-refractivity contribution in [2.24, 2.45) is 5.41 Å². The molecule has 0 radical (unpaired) electrons. The SMILES string of the molecule is CCC(CC)(CCO)CNC(=O)c1cnc2scc(C)n2c1=O. The van der Waals surface area contributed by atoms with Crippen molar-refractivity contribution in [3.63, 3.8) is 0 Å². The lowest BCUT2D eigenvalue weighted by atomic mass is 9.79. The van der Waals surface area contributed by atoms with Crippen molar-refractivity contribution in [2.45, 2.75) is 40.0 Å². The summed E-state index contributed by atoms with van der Waals surface area (Å²) in [4.78, 5) is 29.6. The Labute approximate surface area is 139 Å². The average molecular weight is 337 g/mol. The number of hydrogen-bond donors (Lipinski definition) is 2. The number of rotatable bonds is 7. The Morgan fingerprint density at radius 1 is 1.43 bits per heavy atom. The van der Waals surface area contributed by atoms with E-state index in [0.29, 0.717) is 17.9 Å².